The predicted molar refractivity (Wildman–Crippen MR) is 121 cm³/mol. The first-order valence-electron chi connectivity index (χ1n) is 10.7. The van der Waals surface area contributed by atoms with E-state index in [-0.39, 0.29) is 6.04 Å². The van der Waals surface area contributed by atoms with Gasteiger partial charge in [-0.05, 0) is 51.7 Å². The molecule has 5 rings (SSSR count). The highest BCUT2D eigenvalue weighted by atomic mass is 35.5. The molecule has 164 valence electrons. The van der Waals surface area contributed by atoms with Gasteiger partial charge in [-0.2, -0.15) is 0 Å². The molecule has 1 fully saturated rings. The van der Waals surface area contributed by atoms with E-state index >= 15 is 0 Å². The summed E-state index contributed by atoms with van der Waals surface area (Å²) in [5, 5.41) is 19.3. The molecule has 3 aromatic heterocycles. The summed E-state index contributed by atoms with van der Waals surface area (Å²) in [6.07, 6.45) is 4.99. The zero-order chi connectivity index (χ0) is 21.8. The van der Waals surface area contributed by atoms with Crippen LogP contribution >= 0.6 is 11.6 Å². The summed E-state index contributed by atoms with van der Waals surface area (Å²) in [5.41, 5.74) is 3.77. The number of aryl methyl sites for hydroxylation is 1. The Hall–Kier alpha value is -2.58. The number of aromatic nitrogens is 4. The van der Waals surface area contributed by atoms with Crippen molar-refractivity contribution in [3.63, 3.8) is 0 Å². The number of fused-ring (bicyclic) bond motifs is 3. The first-order chi connectivity index (χ1) is 14.8. The lowest BCUT2D eigenvalue weighted by atomic mass is 9.84. The average molecular weight is 443 g/mol. The Bertz CT molecular complexity index is 1130. The van der Waals surface area contributed by atoms with Gasteiger partial charge in [0.25, 0.3) is 0 Å². The lowest BCUT2D eigenvalue weighted by molar-refractivity contribution is 0.0196. The summed E-state index contributed by atoms with van der Waals surface area (Å²) in [6, 6.07) is 3.98. The minimum Gasteiger partial charge on any atom is -0.486 e. The number of imidazole rings is 1. The summed E-state index contributed by atoms with van der Waals surface area (Å²) in [7, 11) is 2.05. The molecule has 0 unspecified atom stereocenters. The van der Waals surface area contributed by atoms with E-state index in [2.05, 4.69) is 22.2 Å². The van der Waals surface area contributed by atoms with E-state index in [1.54, 1.807) is 6.20 Å². The third-order valence-electron chi connectivity index (χ3n) is 6.33. The Kier molecular flexibility index (Phi) is 4.94. The average Bonchev–Trinajstić information content (AvgIpc) is 3.05. The maximum absolute atomic E-state index is 10.3. The van der Waals surface area contributed by atoms with Gasteiger partial charge >= 0.3 is 0 Å². The zero-order valence-electron chi connectivity index (χ0n) is 18.0. The number of nitrogens with zero attached hydrogens (tertiary/aromatic N) is 5. The normalized spacial score (nSPS) is 23.5. The molecular weight excluding hydrogens is 416 g/mol. The van der Waals surface area contributed by atoms with Crippen molar-refractivity contribution in [3.8, 4) is 17.0 Å². The van der Waals surface area contributed by atoms with E-state index in [1.807, 2.05) is 30.5 Å². The van der Waals surface area contributed by atoms with E-state index in [4.69, 9.17) is 26.4 Å². The molecule has 1 aliphatic heterocycles. The smallest absolute Gasteiger partial charge is 0.192 e. The molecule has 8 nitrogen and oxygen atoms in total. The molecule has 0 aromatic carbocycles. The van der Waals surface area contributed by atoms with Crippen LogP contribution in [0.4, 0.5) is 11.5 Å². The van der Waals surface area contributed by atoms with Crippen LogP contribution in [0.15, 0.2) is 18.3 Å². The largest absolute Gasteiger partial charge is 0.486 e. The number of ether oxygens (including phenoxy) is 1. The van der Waals surface area contributed by atoms with Crippen molar-refractivity contribution in [2.24, 2.45) is 0 Å². The van der Waals surface area contributed by atoms with Gasteiger partial charge in [-0.3, -0.25) is 0 Å². The summed E-state index contributed by atoms with van der Waals surface area (Å²) < 4.78 is 7.97. The highest BCUT2D eigenvalue weighted by molar-refractivity contribution is 6.29. The van der Waals surface area contributed by atoms with Crippen molar-refractivity contribution in [3.05, 3.63) is 29.2 Å². The number of rotatable bonds is 3. The van der Waals surface area contributed by atoms with Gasteiger partial charge in [-0.25, -0.2) is 14.5 Å². The van der Waals surface area contributed by atoms with Crippen molar-refractivity contribution in [2.45, 2.75) is 51.2 Å². The summed E-state index contributed by atoms with van der Waals surface area (Å²) in [6.45, 7) is 5.27. The highest BCUT2D eigenvalue weighted by Crippen LogP contribution is 2.42. The van der Waals surface area contributed by atoms with E-state index in [0.29, 0.717) is 17.6 Å². The maximum atomic E-state index is 10.3. The molecule has 9 heteroatoms. The van der Waals surface area contributed by atoms with Crippen LogP contribution in [0.25, 0.3) is 16.9 Å². The molecule has 4 heterocycles. The quantitative estimate of drug-likeness (QED) is 0.598. The number of halogens is 1. The second-order valence-corrected chi connectivity index (χ2v) is 9.25. The molecule has 0 atom stereocenters. The molecule has 0 saturated heterocycles. The van der Waals surface area contributed by atoms with Crippen molar-refractivity contribution in [1.82, 2.24) is 19.6 Å². The maximum Gasteiger partial charge on any atom is 0.192 e. The van der Waals surface area contributed by atoms with Crippen LogP contribution in [0.5, 0.6) is 5.75 Å². The molecule has 3 aromatic rings. The fraction of sp³-hybridized carbons (Fsp3) is 0.500. The molecule has 0 amide bonds. The molecule has 0 bridgehead atoms. The summed E-state index contributed by atoms with van der Waals surface area (Å²) >= 11 is 6.16. The van der Waals surface area contributed by atoms with Gasteiger partial charge in [0.1, 0.15) is 17.4 Å². The summed E-state index contributed by atoms with van der Waals surface area (Å²) in [5.74, 6) is 1.45. The van der Waals surface area contributed by atoms with Crippen LogP contribution in [0.3, 0.4) is 0 Å². The number of pyridine rings is 1. The van der Waals surface area contributed by atoms with Crippen LogP contribution < -0.4 is 15.0 Å². The Morgan fingerprint density at radius 1 is 1.32 bits per heavy atom. The van der Waals surface area contributed by atoms with E-state index < -0.39 is 5.60 Å². The summed E-state index contributed by atoms with van der Waals surface area (Å²) in [4.78, 5) is 11.1. The Morgan fingerprint density at radius 3 is 2.84 bits per heavy atom. The number of anilines is 2. The number of likely N-dealkylation sites (N-methyl/N-ethyl adjacent to an activating group) is 1. The van der Waals surface area contributed by atoms with Gasteiger partial charge in [0.2, 0.25) is 0 Å². The van der Waals surface area contributed by atoms with E-state index in [0.717, 1.165) is 66.3 Å². The van der Waals surface area contributed by atoms with Gasteiger partial charge in [-0.15, -0.1) is 5.10 Å². The lowest BCUT2D eigenvalue weighted by Crippen LogP contribution is -2.36. The third-order valence-corrected chi connectivity index (χ3v) is 6.54. The second kappa shape index (κ2) is 7.53. The van der Waals surface area contributed by atoms with Crippen molar-refractivity contribution in [2.75, 3.05) is 30.4 Å². The molecule has 1 saturated carbocycles. The Labute approximate surface area is 186 Å². The minimum atomic E-state index is -0.582. The first-order valence-corrected chi connectivity index (χ1v) is 11.1. The predicted octanol–water partition coefficient (Wildman–Crippen LogP) is 3.69. The highest BCUT2D eigenvalue weighted by Gasteiger charge is 2.32. The zero-order valence-corrected chi connectivity index (χ0v) is 18.8. The van der Waals surface area contributed by atoms with Crippen LogP contribution in [0, 0.1) is 6.92 Å². The van der Waals surface area contributed by atoms with Crippen LogP contribution in [-0.4, -0.2) is 56.5 Å². The number of aliphatic hydroxyl groups is 1. The third kappa shape index (κ3) is 3.68. The van der Waals surface area contributed by atoms with Crippen LogP contribution in [-0.2, 0) is 0 Å². The first kappa shape index (κ1) is 20.3. The van der Waals surface area contributed by atoms with E-state index in [9.17, 15) is 5.11 Å². The Balaban J connectivity index is 1.64. The fourth-order valence-electron chi connectivity index (χ4n) is 4.56. The minimum absolute atomic E-state index is 0.230. The van der Waals surface area contributed by atoms with Gasteiger partial charge < -0.3 is 20.1 Å². The van der Waals surface area contributed by atoms with E-state index in [1.165, 1.54) is 0 Å². The SMILES string of the molecule is Cc1nc2c3c(c(NC4CCC(C)(O)CC4)nn2c1-c1ccnc(Cl)c1)OCCN3C. The number of nitrogens with one attached hydrogen (secondary N) is 1. The molecule has 0 radical (unpaired) electrons. The van der Waals surface area contributed by atoms with Gasteiger partial charge in [0.15, 0.2) is 17.2 Å². The van der Waals surface area contributed by atoms with Gasteiger partial charge in [0, 0.05) is 24.8 Å². The molecule has 0 spiro atoms. The standard InChI is InChI=1S/C22H27ClN6O2/c1-13-17(14-6-9-24-16(23)12-14)29-21(25-13)18-19(31-11-10-28(18)3)20(27-29)26-15-4-7-22(2,30)8-5-15/h6,9,12,15,30H,4-5,7-8,10-11H2,1-3H3,(H,26,27). The topological polar surface area (TPSA) is 87.8 Å². The molecule has 1 aliphatic carbocycles. The van der Waals surface area contributed by atoms with Crippen molar-refractivity contribution in [1.29, 1.82) is 0 Å². The number of hydrogen-bond acceptors (Lipinski definition) is 7. The molecule has 2 aliphatic rings. The fourth-order valence-corrected chi connectivity index (χ4v) is 4.73. The number of hydrogen-bond donors (Lipinski definition) is 2. The van der Waals surface area contributed by atoms with Gasteiger partial charge in [0.05, 0.1) is 23.5 Å². The van der Waals surface area contributed by atoms with Gasteiger partial charge in [-0.1, -0.05) is 11.6 Å². The van der Waals surface area contributed by atoms with Crippen molar-refractivity contribution >= 4 is 28.8 Å². The monoisotopic (exact) mass is 442 g/mol. The molecule has 2 N–H and O–H groups in total. The molecular formula is C22H27ClN6O2. The van der Waals surface area contributed by atoms with Crippen molar-refractivity contribution < 1.29 is 9.84 Å². The van der Waals surface area contributed by atoms with Crippen LogP contribution in [0.2, 0.25) is 5.15 Å². The Morgan fingerprint density at radius 2 is 2.10 bits per heavy atom. The van der Waals surface area contributed by atoms with Crippen LogP contribution in [0.1, 0.15) is 38.3 Å². The second-order valence-electron chi connectivity index (χ2n) is 8.86. The molecule has 31 heavy (non-hydrogen) atoms. The lowest BCUT2D eigenvalue weighted by Gasteiger charge is -2.35.